The van der Waals surface area contributed by atoms with Crippen LogP contribution in [0.3, 0.4) is 0 Å². The number of esters is 1. The van der Waals surface area contributed by atoms with Crippen molar-refractivity contribution in [2.45, 2.75) is 55.8 Å². The first-order valence-electron chi connectivity index (χ1n) is 9.98. The van der Waals surface area contributed by atoms with E-state index in [1.807, 2.05) is 6.07 Å². The van der Waals surface area contributed by atoms with Gasteiger partial charge in [-0.25, -0.2) is 0 Å². The molecule has 140 valence electrons. The quantitative estimate of drug-likeness (QED) is 0.555. The highest BCUT2D eigenvalue weighted by Crippen LogP contribution is 2.73. The third-order valence-corrected chi connectivity index (χ3v) is 8.31. The molecule has 3 aliphatic carbocycles. The van der Waals surface area contributed by atoms with E-state index < -0.39 is 11.5 Å². The Morgan fingerprint density at radius 1 is 1.37 bits per heavy atom. The van der Waals surface area contributed by atoms with Crippen LogP contribution in [-0.2, 0) is 26.2 Å². The van der Waals surface area contributed by atoms with Crippen LogP contribution in [0.2, 0.25) is 0 Å². The SMILES string of the molecule is CC(=O)Oc1ccc2c3c1O[C@H]1C(=O)CC[C@@]45OCN6CC(C2)C(C[C@@H]64)C315. The van der Waals surface area contributed by atoms with Gasteiger partial charge in [-0.1, -0.05) is 6.07 Å². The fourth-order valence-corrected chi connectivity index (χ4v) is 7.76. The Labute approximate surface area is 156 Å². The summed E-state index contributed by atoms with van der Waals surface area (Å²) >= 11 is 0. The van der Waals surface area contributed by atoms with Crippen LogP contribution in [0.1, 0.15) is 37.3 Å². The molecule has 3 unspecified atom stereocenters. The Hall–Kier alpha value is -1.92. The maximum Gasteiger partial charge on any atom is 0.308 e. The summed E-state index contributed by atoms with van der Waals surface area (Å²) in [5.41, 5.74) is 1.60. The minimum Gasteiger partial charge on any atom is -0.477 e. The molecule has 2 saturated heterocycles. The van der Waals surface area contributed by atoms with Gasteiger partial charge in [0.25, 0.3) is 0 Å². The summed E-state index contributed by atoms with van der Waals surface area (Å²) in [6.45, 7) is 3.10. The lowest BCUT2D eigenvalue weighted by Gasteiger charge is -2.53. The molecule has 3 aliphatic heterocycles. The van der Waals surface area contributed by atoms with Gasteiger partial charge < -0.3 is 14.2 Å². The van der Waals surface area contributed by atoms with Crippen LogP contribution in [0.15, 0.2) is 12.1 Å². The Balaban J connectivity index is 1.57. The summed E-state index contributed by atoms with van der Waals surface area (Å²) in [6.07, 6.45) is 2.84. The zero-order valence-electron chi connectivity index (χ0n) is 15.2. The molecule has 1 aromatic carbocycles. The fourth-order valence-electron chi connectivity index (χ4n) is 7.76. The third kappa shape index (κ3) is 1.38. The molecule has 27 heavy (non-hydrogen) atoms. The number of carbonyl (C=O) groups is 2. The van der Waals surface area contributed by atoms with E-state index in [-0.39, 0.29) is 17.4 Å². The number of hydrogen-bond donors (Lipinski definition) is 0. The predicted molar refractivity (Wildman–Crippen MR) is 92.6 cm³/mol. The van der Waals surface area contributed by atoms with E-state index in [4.69, 9.17) is 14.2 Å². The number of nitrogens with zero attached hydrogens (tertiary/aromatic N) is 1. The van der Waals surface area contributed by atoms with Crippen LogP contribution in [0.4, 0.5) is 0 Å². The molecule has 2 spiro atoms. The molecule has 2 bridgehead atoms. The van der Waals surface area contributed by atoms with Gasteiger partial charge in [0.05, 0.1) is 11.0 Å². The lowest BCUT2D eigenvalue weighted by atomic mass is 9.51. The average molecular weight is 367 g/mol. The van der Waals surface area contributed by atoms with Crippen molar-refractivity contribution in [1.29, 1.82) is 0 Å². The Morgan fingerprint density at radius 2 is 2.26 bits per heavy atom. The number of Topliss-reactive ketones (excluding diaryl/α,β-unsaturated/α-hetero) is 1. The van der Waals surface area contributed by atoms with Crippen LogP contribution < -0.4 is 9.47 Å². The van der Waals surface area contributed by atoms with Gasteiger partial charge in [-0.05, 0) is 42.7 Å². The summed E-state index contributed by atoms with van der Waals surface area (Å²) in [4.78, 5) is 27.2. The first-order chi connectivity index (χ1) is 13.1. The molecule has 2 saturated carbocycles. The number of piperidine rings is 1. The van der Waals surface area contributed by atoms with Crippen molar-refractivity contribution in [3.63, 3.8) is 0 Å². The van der Waals surface area contributed by atoms with E-state index in [9.17, 15) is 9.59 Å². The molecule has 6 nitrogen and oxygen atoms in total. The second kappa shape index (κ2) is 4.39. The number of ether oxygens (including phenoxy) is 3. The predicted octanol–water partition coefficient (Wildman–Crippen LogP) is 1.58. The van der Waals surface area contributed by atoms with Crippen molar-refractivity contribution in [3.05, 3.63) is 23.3 Å². The Morgan fingerprint density at radius 3 is 3.11 bits per heavy atom. The highest BCUT2D eigenvalue weighted by atomic mass is 16.6. The van der Waals surface area contributed by atoms with Gasteiger partial charge >= 0.3 is 5.97 Å². The van der Waals surface area contributed by atoms with Gasteiger partial charge in [-0.15, -0.1) is 0 Å². The van der Waals surface area contributed by atoms with Crippen molar-refractivity contribution < 1.29 is 23.8 Å². The molecule has 0 radical (unpaired) electrons. The summed E-state index contributed by atoms with van der Waals surface area (Å²) < 4.78 is 18.5. The lowest BCUT2D eigenvalue weighted by Crippen LogP contribution is -2.66. The highest BCUT2D eigenvalue weighted by Gasteiger charge is 2.82. The molecule has 3 heterocycles. The largest absolute Gasteiger partial charge is 0.477 e. The van der Waals surface area contributed by atoms with E-state index in [0.29, 0.717) is 42.5 Å². The zero-order chi connectivity index (χ0) is 18.1. The molecule has 0 N–H and O–H groups in total. The second-order valence-electron chi connectivity index (χ2n) is 9.11. The van der Waals surface area contributed by atoms with E-state index in [1.54, 1.807) is 0 Å². The van der Waals surface area contributed by atoms with Gasteiger partial charge in [0, 0.05) is 31.5 Å². The van der Waals surface area contributed by atoms with Gasteiger partial charge in [0.2, 0.25) is 0 Å². The van der Waals surface area contributed by atoms with Crippen LogP contribution in [0.5, 0.6) is 11.5 Å². The van der Waals surface area contributed by atoms with Gasteiger partial charge in [-0.2, -0.15) is 0 Å². The number of carbonyl (C=O) groups excluding carboxylic acids is 2. The molecule has 1 aromatic rings. The molecule has 4 fully saturated rings. The molecule has 0 amide bonds. The van der Waals surface area contributed by atoms with Gasteiger partial charge in [0.1, 0.15) is 6.73 Å². The van der Waals surface area contributed by atoms with Crippen LogP contribution >= 0.6 is 0 Å². The highest BCUT2D eigenvalue weighted by molar-refractivity contribution is 5.90. The number of ketones is 1. The average Bonchev–Trinajstić information content (AvgIpc) is 3.27. The molecule has 6 atom stereocenters. The summed E-state index contributed by atoms with van der Waals surface area (Å²) in [5.74, 6) is 1.80. The van der Waals surface area contributed by atoms with E-state index in [2.05, 4.69) is 11.0 Å². The fraction of sp³-hybridized carbons (Fsp3) is 0.619. The van der Waals surface area contributed by atoms with Crippen molar-refractivity contribution in [3.8, 4) is 11.5 Å². The smallest absolute Gasteiger partial charge is 0.308 e. The molecule has 0 aromatic heterocycles. The van der Waals surface area contributed by atoms with Crippen molar-refractivity contribution in [1.82, 2.24) is 4.90 Å². The second-order valence-corrected chi connectivity index (χ2v) is 9.11. The number of hydrogen-bond acceptors (Lipinski definition) is 6. The number of rotatable bonds is 1. The molecule has 6 heteroatoms. The van der Waals surface area contributed by atoms with E-state index >= 15 is 0 Å². The zero-order valence-corrected chi connectivity index (χ0v) is 15.2. The van der Waals surface area contributed by atoms with Crippen molar-refractivity contribution in [2.24, 2.45) is 11.8 Å². The van der Waals surface area contributed by atoms with E-state index in [1.165, 1.54) is 12.5 Å². The summed E-state index contributed by atoms with van der Waals surface area (Å²) in [7, 11) is 0. The standard InChI is InChI=1S/C21H21NO5/c1-10(23)26-15-3-2-11-6-12-8-22-9-25-20-5-4-14(24)19-21(20,13(12)7-16(20)22)17(11)18(15)27-19/h2-3,12-13,16,19H,4-9H2,1H3/t12?,13?,16-,19+,20-,21?/m1/s1. The van der Waals surface area contributed by atoms with E-state index in [0.717, 1.165) is 31.4 Å². The first kappa shape index (κ1) is 15.1. The van der Waals surface area contributed by atoms with Crippen LogP contribution in [0.25, 0.3) is 0 Å². The summed E-state index contributed by atoms with van der Waals surface area (Å²) in [5, 5.41) is 0. The first-order valence-corrected chi connectivity index (χ1v) is 9.98. The lowest BCUT2D eigenvalue weighted by molar-refractivity contribution is -0.157. The minimum atomic E-state index is -0.507. The number of benzene rings is 1. The monoisotopic (exact) mass is 367 g/mol. The maximum absolute atomic E-state index is 13.1. The van der Waals surface area contributed by atoms with Crippen LogP contribution in [-0.4, -0.2) is 47.7 Å². The Bertz CT molecular complexity index is 943. The van der Waals surface area contributed by atoms with Gasteiger partial charge in [0.15, 0.2) is 23.4 Å². The Kier molecular flexibility index (Phi) is 2.45. The third-order valence-electron chi connectivity index (χ3n) is 8.31. The molecular weight excluding hydrogens is 346 g/mol. The van der Waals surface area contributed by atoms with Crippen molar-refractivity contribution >= 4 is 11.8 Å². The van der Waals surface area contributed by atoms with Crippen molar-refractivity contribution in [2.75, 3.05) is 13.3 Å². The van der Waals surface area contributed by atoms with Gasteiger partial charge in [-0.3, -0.25) is 14.5 Å². The molecular formula is C21H21NO5. The topological polar surface area (TPSA) is 65.1 Å². The maximum atomic E-state index is 13.1. The normalized spacial score (nSPS) is 44.9. The molecule has 7 rings (SSSR count). The minimum absolute atomic E-state index is 0.173. The van der Waals surface area contributed by atoms with Crippen LogP contribution in [0, 0.1) is 11.8 Å². The summed E-state index contributed by atoms with van der Waals surface area (Å²) in [6, 6.07) is 4.28. The molecule has 6 aliphatic rings.